The van der Waals surface area contributed by atoms with Gasteiger partial charge in [-0.2, -0.15) is 0 Å². The maximum atomic E-state index is 13.7. The summed E-state index contributed by atoms with van der Waals surface area (Å²) in [5, 5.41) is 16.4. The second-order valence-electron chi connectivity index (χ2n) is 8.02. The number of halogens is 1. The van der Waals surface area contributed by atoms with E-state index < -0.39 is 34.2 Å². The molecule has 0 atom stereocenters. The fourth-order valence-electron chi connectivity index (χ4n) is 3.94. The summed E-state index contributed by atoms with van der Waals surface area (Å²) in [4.78, 5) is 33.9. The molecule has 1 aliphatic heterocycles. The molecule has 1 saturated heterocycles. The van der Waals surface area contributed by atoms with E-state index in [-0.39, 0.29) is 65.9 Å². The third kappa shape index (κ3) is 5.74. The van der Waals surface area contributed by atoms with Crippen LogP contribution < -0.4 is 44.5 Å². The first-order valence-corrected chi connectivity index (χ1v) is 12.8. The van der Waals surface area contributed by atoms with Crippen LogP contribution in [-0.2, 0) is 6.54 Å². The number of nitrogens with zero attached hydrogens (tertiary/aromatic N) is 3. The van der Waals surface area contributed by atoms with Crippen molar-refractivity contribution in [2.45, 2.75) is 26.3 Å². The Hall–Kier alpha value is -2.48. The second-order valence-corrected chi connectivity index (χ2v) is 10.1. The molecule has 5 N–H and O–H groups in total. The maximum Gasteiger partial charge on any atom is 1.00 e. The van der Waals surface area contributed by atoms with Crippen molar-refractivity contribution in [3.8, 4) is 5.75 Å². The van der Waals surface area contributed by atoms with Gasteiger partial charge in [-0.3, -0.25) is 28.0 Å². The minimum Gasteiger partial charge on any atom is -1.00 e. The Morgan fingerprint density at radius 2 is 1.97 bits per heavy atom. The van der Waals surface area contributed by atoms with Crippen LogP contribution in [0.4, 0.5) is 10.2 Å². The van der Waals surface area contributed by atoms with Crippen molar-refractivity contribution in [3.63, 3.8) is 0 Å². The van der Waals surface area contributed by atoms with Crippen LogP contribution in [0.1, 0.15) is 47.6 Å². The minimum atomic E-state index is -3.15. The van der Waals surface area contributed by atoms with Crippen molar-refractivity contribution >= 4 is 39.3 Å². The summed E-state index contributed by atoms with van der Waals surface area (Å²) < 4.78 is 36.3. The van der Waals surface area contributed by atoms with Crippen molar-refractivity contribution in [3.05, 3.63) is 59.2 Å². The monoisotopic (exact) mass is 527 g/mol. The van der Waals surface area contributed by atoms with Gasteiger partial charge in [0.05, 0.1) is 5.75 Å². The van der Waals surface area contributed by atoms with Crippen LogP contribution in [0, 0.1) is 5.82 Å². The van der Waals surface area contributed by atoms with E-state index in [1.165, 1.54) is 22.6 Å². The number of nitrogens with one attached hydrogen (secondary N) is 2. The number of anilines is 1. The van der Waals surface area contributed by atoms with Crippen molar-refractivity contribution in [1.29, 1.82) is 0 Å². The van der Waals surface area contributed by atoms with Gasteiger partial charge in [0.25, 0.3) is 11.8 Å². The molecule has 0 aliphatic carbocycles. The smallest absolute Gasteiger partial charge is 1.00 e. The van der Waals surface area contributed by atoms with Crippen LogP contribution in [0.25, 0.3) is 10.9 Å². The van der Waals surface area contributed by atoms with E-state index in [0.717, 1.165) is 6.07 Å². The van der Waals surface area contributed by atoms with Crippen molar-refractivity contribution in [2.24, 2.45) is 0 Å². The number of hydrogen-bond acceptors (Lipinski definition) is 8. The zero-order valence-corrected chi connectivity index (χ0v) is 22.8. The number of amides is 2. The molecule has 0 radical (unpaired) electrons. The summed E-state index contributed by atoms with van der Waals surface area (Å²) in [6.45, 7) is 2.26. The molecule has 1 fully saturated rings. The molecule has 0 spiro atoms. The van der Waals surface area contributed by atoms with Gasteiger partial charge in [-0.1, -0.05) is 6.07 Å². The normalized spacial score (nSPS) is 15.6. The van der Waals surface area contributed by atoms with E-state index >= 15 is 0 Å². The van der Waals surface area contributed by atoms with Gasteiger partial charge in [0.1, 0.15) is 11.3 Å². The van der Waals surface area contributed by atoms with Crippen LogP contribution in [0.3, 0.4) is 0 Å². The molecule has 1 aliphatic rings. The first-order valence-electron chi connectivity index (χ1n) is 11.1. The summed E-state index contributed by atoms with van der Waals surface area (Å²) in [6, 6.07) is 6.91. The van der Waals surface area contributed by atoms with E-state index in [1.807, 2.05) is 0 Å². The molecule has 0 unspecified atom stereocenters. The van der Waals surface area contributed by atoms with E-state index in [1.54, 1.807) is 19.1 Å². The Balaban J connectivity index is 0.00000241. The van der Waals surface area contributed by atoms with Gasteiger partial charge in [-0.05, 0) is 49.6 Å². The second kappa shape index (κ2) is 11.7. The first-order chi connectivity index (χ1) is 16.7. The predicted octanol–water partition coefficient (Wildman–Crippen LogP) is 0.537. The SMILES string of the molecule is CCNC(=O)c1cc(F)ccc1CNC(=O)c1nc(N2CCCCS2(O)O)c2cccnc2c1O.[H-].[Na+]. The van der Waals surface area contributed by atoms with Crippen molar-refractivity contribution in [2.75, 3.05) is 23.1 Å². The average Bonchev–Trinajstić information content (AvgIpc) is 2.84. The first kappa shape index (κ1) is 28.1. The molecular weight excluding hydrogens is 500 g/mol. The fourth-order valence-corrected chi connectivity index (χ4v) is 5.58. The Labute approximate surface area is 232 Å². The quantitative estimate of drug-likeness (QED) is 0.292. The molecule has 188 valence electrons. The molecule has 2 aromatic heterocycles. The van der Waals surface area contributed by atoms with Gasteiger partial charge < -0.3 is 17.2 Å². The number of fused-ring (bicyclic) bond motifs is 1. The fraction of sp³-hybridized carbons (Fsp3) is 0.304. The molecule has 4 rings (SSSR count). The van der Waals surface area contributed by atoms with Crippen molar-refractivity contribution in [1.82, 2.24) is 20.6 Å². The summed E-state index contributed by atoms with van der Waals surface area (Å²) in [5.74, 6) is -1.99. The topological polar surface area (TPSA) is 148 Å². The van der Waals surface area contributed by atoms with E-state index in [4.69, 9.17) is 0 Å². The number of carbonyl (C=O) groups excluding carboxylic acids is 2. The Kier molecular flexibility index (Phi) is 9.14. The summed E-state index contributed by atoms with van der Waals surface area (Å²) in [7, 11) is -3.15. The third-order valence-electron chi connectivity index (χ3n) is 5.64. The van der Waals surface area contributed by atoms with Crippen LogP contribution in [0.2, 0.25) is 0 Å². The van der Waals surface area contributed by atoms with Crippen molar-refractivity contribution < 1.29 is 59.2 Å². The number of aromatic nitrogens is 2. The summed E-state index contributed by atoms with van der Waals surface area (Å²) in [5.41, 5.74) is 0.184. The Morgan fingerprint density at radius 3 is 2.69 bits per heavy atom. The molecule has 0 saturated carbocycles. The van der Waals surface area contributed by atoms with Gasteiger partial charge in [0.15, 0.2) is 17.3 Å². The summed E-state index contributed by atoms with van der Waals surface area (Å²) in [6.07, 6.45) is 2.79. The number of hydrogen-bond donors (Lipinski definition) is 5. The number of pyridine rings is 2. The third-order valence-corrected chi connectivity index (χ3v) is 7.54. The number of benzene rings is 1. The zero-order chi connectivity index (χ0) is 25.2. The number of aromatic hydroxyl groups is 1. The van der Waals surface area contributed by atoms with Gasteiger partial charge in [-0.25, -0.2) is 9.37 Å². The van der Waals surface area contributed by atoms with E-state index in [9.17, 15) is 28.2 Å². The molecule has 3 aromatic rings. The molecule has 10 nitrogen and oxygen atoms in total. The van der Waals surface area contributed by atoms with Crippen LogP contribution >= 0.6 is 10.8 Å². The molecule has 2 amide bonds. The van der Waals surface area contributed by atoms with Gasteiger partial charge in [0.2, 0.25) is 0 Å². The largest absolute Gasteiger partial charge is 1.00 e. The predicted molar refractivity (Wildman–Crippen MR) is 132 cm³/mol. The Bertz CT molecular complexity index is 1300. The number of rotatable bonds is 6. The molecule has 3 heterocycles. The average molecular weight is 528 g/mol. The summed E-state index contributed by atoms with van der Waals surface area (Å²) >= 11 is 0. The number of carbonyl (C=O) groups is 2. The standard InChI is InChI=1S/C23H26FN5O5S.Na.H/c1-2-25-22(31)17-12-15(24)8-7-14(17)13-27-23(32)19-20(30)18-16(6-5-9-26-18)21(28-19)29-10-3-4-11-35(29,33)34;;/h5-9,12,30,33-34H,2-4,10-11,13H2,1H3,(H,25,31)(H,27,32);;/q;+1;-1. The molecular formula is C23H27FN5NaO5S. The zero-order valence-electron chi connectivity index (χ0n) is 21.0. The van der Waals surface area contributed by atoms with Crippen LogP contribution in [0.5, 0.6) is 5.75 Å². The molecule has 36 heavy (non-hydrogen) atoms. The van der Waals surface area contributed by atoms with E-state index in [2.05, 4.69) is 20.6 Å². The Morgan fingerprint density at radius 1 is 1.19 bits per heavy atom. The van der Waals surface area contributed by atoms with E-state index in [0.29, 0.717) is 36.9 Å². The molecule has 0 bridgehead atoms. The van der Waals surface area contributed by atoms with Gasteiger partial charge >= 0.3 is 29.6 Å². The maximum absolute atomic E-state index is 13.7. The minimum absolute atomic E-state index is 0. The van der Waals surface area contributed by atoms with Crippen LogP contribution in [-0.4, -0.2) is 54.8 Å². The molecule has 13 heteroatoms. The van der Waals surface area contributed by atoms with Crippen LogP contribution in [0.15, 0.2) is 36.5 Å². The van der Waals surface area contributed by atoms with Gasteiger partial charge in [0, 0.05) is 36.8 Å². The van der Waals surface area contributed by atoms with Gasteiger partial charge in [-0.15, -0.1) is 10.8 Å². The molecule has 1 aromatic carbocycles.